The van der Waals surface area contributed by atoms with Gasteiger partial charge in [0, 0.05) is 17.2 Å². The first kappa shape index (κ1) is 19.2. The maximum Gasteiger partial charge on any atom is 0.426 e. The van der Waals surface area contributed by atoms with Crippen LogP contribution in [0.1, 0.15) is 43.2 Å². The minimum Gasteiger partial charge on any atom is -0.443 e. The van der Waals surface area contributed by atoms with E-state index in [2.05, 4.69) is 10.4 Å². The van der Waals surface area contributed by atoms with Crippen LogP contribution in [0.4, 0.5) is 10.5 Å². The molecule has 2 aromatic rings. The molecule has 1 heterocycles. The number of nitrogens with zero attached hydrogens (tertiary/aromatic N) is 2. The number of anilines is 1. The number of fused-ring (bicyclic) bond motifs is 1. The number of carbonyl (C=O) groups is 2. The Morgan fingerprint density at radius 2 is 1.76 bits per heavy atom. The van der Waals surface area contributed by atoms with Gasteiger partial charge in [-0.3, -0.25) is 9.79 Å². The number of para-hydroxylation sites is 1. The molecule has 6 heteroatoms. The van der Waals surface area contributed by atoms with Crippen molar-refractivity contribution in [3.8, 4) is 0 Å². The van der Waals surface area contributed by atoms with E-state index < -0.39 is 6.09 Å². The molecule has 29 heavy (non-hydrogen) atoms. The largest absolute Gasteiger partial charge is 0.443 e. The molecular formula is C23H25N3O3. The number of amides is 2. The first-order chi connectivity index (χ1) is 14.2. The Bertz CT molecular complexity index is 905. The number of ether oxygens (including phenoxy) is 1. The van der Waals surface area contributed by atoms with Crippen LogP contribution in [-0.2, 0) is 16.1 Å². The SMILES string of the molecule is O=C(NN1C(=O)CN=C(C2CCCCC2)c2ccccc21)OCc1ccccc1. The summed E-state index contributed by atoms with van der Waals surface area (Å²) in [7, 11) is 0. The van der Waals surface area contributed by atoms with Crippen LogP contribution in [0.3, 0.4) is 0 Å². The van der Waals surface area contributed by atoms with Gasteiger partial charge in [0.25, 0.3) is 5.91 Å². The Morgan fingerprint density at radius 1 is 1.03 bits per heavy atom. The number of carbonyl (C=O) groups excluding carboxylic acids is 2. The molecule has 0 bridgehead atoms. The van der Waals surface area contributed by atoms with Crippen molar-refractivity contribution in [1.29, 1.82) is 0 Å². The van der Waals surface area contributed by atoms with Crippen LogP contribution >= 0.6 is 0 Å². The summed E-state index contributed by atoms with van der Waals surface area (Å²) in [6.45, 7) is 0.152. The van der Waals surface area contributed by atoms with E-state index in [0.29, 0.717) is 11.6 Å². The number of rotatable bonds is 4. The summed E-state index contributed by atoms with van der Waals surface area (Å²) in [6.07, 6.45) is 5.15. The quantitative estimate of drug-likeness (QED) is 0.847. The molecule has 1 fully saturated rings. The molecule has 150 valence electrons. The molecule has 0 saturated heterocycles. The van der Waals surface area contributed by atoms with Crippen molar-refractivity contribution in [2.45, 2.75) is 38.7 Å². The van der Waals surface area contributed by atoms with E-state index in [4.69, 9.17) is 4.74 Å². The number of hydrogen-bond acceptors (Lipinski definition) is 4. The second-order valence-electron chi connectivity index (χ2n) is 7.46. The van der Waals surface area contributed by atoms with Gasteiger partial charge in [-0.15, -0.1) is 0 Å². The van der Waals surface area contributed by atoms with E-state index >= 15 is 0 Å². The van der Waals surface area contributed by atoms with Crippen molar-refractivity contribution in [3.63, 3.8) is 0 Å². The molecule has 1 saturated carbocycles. The predicted octanol–water partition coefficient (Wildman–Crippen LogP) is 4.24. The first-order valence-electron chi connectivity index (χ1n) is 10.2. The van der Waals surface area contributed by atoms with E-state index in [9.17, 15) is 9.59 Å². The molecule has 1 N–H and O–H groups in total. The van der Waals surface area contributed by atoms with Gasteiger partial charge in [-0.1, -0.05) is 67.8 Å². The van der Waals surface area contributed by atoms with Crippen molar-refractivity contribution < 1.29 is 14.3 Å². The summed E-state index contributed by atoms with van der Waals surface area (Å²) in [4.78, 5) is 29.8. The number of hydrogen-bond donors (Lipinski definition) is 1. The molecule has 2 aromatic carbocycles. The number of hydrazine groups is 1. The molecule has 0 aromatic heterocycles. The molecule has 4 rings (SSSR count). The monoisotopic (exact) mass is 391 g/mol. The Balaban J connectivity index is 1.52. The summed E-state index contributed by atoms with van der Waals surface area (Å²) in [5, 5.41) is 1.28. The third-order valence-electron chi connectivity index (χ3n) is 5.46. The highest BCUT2D eigenvalue weighted by molar-refractivity contribution is 6.13. The molecule has 1 aliphatic heterocycles. The van der Waals surface area contributed by atoms with Gasteiger partial charge in [0.05, 0.1) is 5.69 Å². The molecule has 0 atom stereocenters. The van der Waals surface area contributed by atoms with Crippen molar-refractivity contribution in [3.05, 3.63) is 65.7 Å². The van der Waals surface area contributed by atoms with Gasteiger partial charge in [-0.05, 0) is 24.5 Å². The fourth-order valence-electron chi connectivity index (χ4n) is 4.02. The van der Waals surface area contributed by atoms with Crippen LogP contribution in [0, 0.1) is 5.92 Å². The summed E-state index contributed by atoms with van der Waals surface area (Å²) < 4.78 is 5.30. The maximum absolute atomic E-state index is 12.8. The minimum absolute atomic E-state index is 0.0134. The molecule has 2 amide bonds. The zero-order valence-corrected chi connectivity index (χ0v) is 16.3. The van der Waals surface area contributed by atoms with Crippen molar-refractivity contribution >= 4 is 23.4 Å². The van der Waals surface area contributed by atoms with Crippen LogP contribution < -0.4 is 10.4 Å². The minimum atomic E-state index is -0.668. The van der Waals surface area contributed by atoms with Gasteiger partial charge in [0.2, 0.25) is 0 Å². The number of aliphatic imine (C=N–C) groups is 1. The molecule has 6 nitrogen and oxygen atoms in total. The third-order valence-corrected chi connectivity index (χ3v) is 5.46. The average molecular weight is 391 g/mol. The zero-order chi connectivity index (χ0) is 20.1. The van der Waals surface area contributed by atoms with Gasteiger partial charge in [-0.2, -0.15) is 0 Å². The lowest BCUT2D eigenvalue weighted by atomic mass is 9.83. The molecular weight excluding hydrogens is 366 g/mol. The van der Waals surface area contributed by atoms with Crippen LogP contribution in [0.25, 0.3) is 0 Å². The Hall–Kier alpha value is -3.15. The Morgan fingerprint density at radius 3 is 2.55 bits per heavy atom. The van der Waals surface area contributed by atoms with Crippen molar-refractivity contribution in [2.75, 3.05) is 11.6 Å². The summed E-state index contributed by atoms with van der Waals surface area (Å²) >= 11 is 0. The molecule has 0 radical (unpaired) electrons. The van der Waals surface area contributed by atoms with Crippen LogP contribution in [0.15, 0.2) is 59.6 Å². The predicted molar refractivity (Wildman–Crippen MR) is 112 cm³/mol. The smallest absolute Gasteiger partial charge is 0.426 e. The molecule has 0 unspecified atom stereocenters. The summed E-state index contributed by atoms with van der Waals surface area (Å²) in [5.41, 5.74) is 6.03. The Kier molecular flexibility index (Phi) is 5.89. The van der Waals surface area contributed by atoms with Gasteiger partial charge < -0.3 is 4.74 Å². The van der Waals surface area contributed by atoms with E-state index in [0.717, 1.165) is 29.7 Å². The van der Waals surface area contributed by atoms with Gasteiger partial charge >= 0.3 is 6.09 Å². The van der Waals surface area contributed by atoms with Crippen LogP contribution in [0.2, 0.25) is 0 Å². The summed E-state index contributed by atoms with van der Waals surface area (Å²) in [5.74, 6) is 0.0857. The summed E-state index contributed by atoms with van der Waals surface area (Å²) in [6, 6.07) is 17.1. The van der Waals surface area contributed by atoms with E-state index in [1.54, 1.807) is 0 Å². The van der Waals surface area contributed by atoms with Crippen molar-refractivity contribution in [2.24, 2.45) is 10.9 Å². The third kappa shape index (κ3) is 4.47. The number of nitrogens with one attached hydrogen (secondary N) is 1. The molecule has 0 spiro atoms. The number of benzodiazepines with no additional fused rings is 1. The second-order valence-corrected chi connectivity index (χ2v) is 7.46. The highest BCUT2D eigenvalue weighted by Gasteiger charge is 2.30. The zero-order valence-electron chi connectivity index (χ0n) is 16.3. The fraction of sp³-hybridized carbons (Fsp3) is 0.348. The number of benzene rings is 2. The second kappa shape index (κ2) is 8.90. The highest BCUT2D eigenvalue weighted by Crippen LogP contribution is 2.32. The standard InChI is InChI=1S/C23H25N3O3/c27-21-15-24-22(18-11-5-2-6-12-18)19-13-7-8-14-20(19)26(21)25-23(28)29-16-17-9-3-1-4-10-17/h1,3-4,7-10,13-14,18H,2,5-6,11-12,15-16H2,(H,25,28). The van der Waals surface area contributed by atoms with E-state index in [-0.39, 0.29) is 19.1 Å². The molecule has 1 aliphatic carbocycles. The van der Waals surface area contributed by atoms with Crippen LogP contribution in [-0.4, -0.2) is 24.3 Å². The Labute approximate surface area is 170 Å². The van der Waals surface area contributed by atoms with E-state index in [1.807, 2.05) is 54.6 Å². The molecule has 2 aliphatic rings. The lowest BCUT2D eigenvalue weighted by Crippen LogP contribution is -2.47. The average Bonchev–Trinajstić information content (AvgIpc) is 2.91. The van der Waals surface area contributed by atoms with Gasteiger partial charge in [0.1, 0.15) is 13.2 Å². The van der Waals surface area contributed by atoms with Crippen LogP contribution in [0.5, 0.6) is 0 Å². The van der Waals surface area contributed by atoms with E-state index in [1.165, 1.54) is 24.3 Å². The lowest BCUT2D eigenvalue weighted by molar-refractivity contribution is -0.117. The maximum atomic E-state index is 12.8. The highest BCUT2D eigenvalue weighted by atomic mass is 16.6. The fourth-order valence-corrected chi connectivity index (χ4v) is 4.02. The topological polar surface area (TPSA) is 71.0 Å². The lowest BCUT2D eigenvalue weighted by Gasteiger charge is -2.26. The van der Waals surface area contributed by atoms with Gasteiger partial charge in [0.15, 0.2) is 0 Å². The first-order valence-corrected chi connectivity index (χ1v) is 10.2. The van der Waals surface area contributed by atoms with Crippen molar-refractivity contribution in [1.82, 2.24) is 5.43 Å². The van der Waals surface area contributed by atoms with Gasteiger partial charge in [-0.25, -0.2) is 15.2 Å². The normalized spacial score (nSPS) is 17.2.